The fourth-order valence-corrected chi connectivity index (χ4v) is 5.58. The smallest absolute Gasteiger partial charge is 0.227 e. The molecule has 3 aromatic heterocycles. The predicted molar refractivity (Wildman–Crippen MR) is 162 cm³/mol. The van der Waals surface area contributed by atoms with Crippen LogP contribution >= 0.6 is 0 Å². The molecule has 188 valence electrons. The Balaban J connectivity index is 1.39. The zero-order valence-corrected chi connectivity index (χ0v) is 21.5. The third kappa shape index (κ3) is 3.69. The van der Waals surface area contributed by atoms with Gasteiger partial charge < -0.3 is 8.98 Å². The van der Waals surface area contributed by atoms with Gasteiger partial charge in [0.05, 0.1) is 16.7 Å². The third-order valence-corrected chi connectivity index (χ3v) is 7.48. The average molecular weight is 514 g/mol. The topological polar surface area (TPSA) is 43.9 Å². The first-order chi connectivity index (χ1) is 19.8. The van der Waals surface area contributed by atoms with Crippen molar-refractivity contribution in [2.75, 3.05) is 0 Å². The van der Waals surface area contributed by atoms with Crippen LogP contribution in [0, 0.1) is 0 Å². The van der Waals surface area contributed by atoms with Crippen LogP contribution in [0.3, 0.4) is 0 Å². The lowest BCUT2D eigenvalue weighted by Gasteiger charge is -2.11. The molecule has 5 aromatic carbocycles. The lowest BCUT2D eigenvalue weighted by Crippen LogP contribution is -1.95. The first-order valence-corrected chi connectivity index (χ1v) is 13.3. The Hall–Kier alpha value is -5.48. The summed E-state index contributed by atoms with van der Waals surface area (Å²) in [6, 6.07) is 46.2. The van der Waals surface area contributed by atoms with Crippen molar-refractivity contribution < 1.29 is 4.42 Å². The third-order valence-electron chi connectivity index (χ3n) is 7.48. The second-order valence-electron chi connectivity index (χ2n) is 9.92. The Morgan fingerprint density at radius 1 is 0.525 bits per heavy atom. The molecule has 0 saturated carbocycles. The summed E-state index contributed by atoms with van der Waals surface area (Å²) in [6.07, 6.45) is 1.83. The fourth-order valence-electron chi connectivity index (χ4n) is 5.58. The highest BCUT2D eigenvalue weighted by Crippen LogP contribution is 2.38. The minimum absolute atomic E-state index is 0.618. The van der Waals surface area contributed by atoms with Gasteiger partial charge in [-0.25, -0.2) is 4.98 Å². The van der Waals surface area contributed by atoms with Crippen molar-refractivity contribution in [1.29, 1.82) is 0 Å². The van der Waals surface area contributed by atoms with Crippen LogP contribution < -0.4 is 0 Å². The second-order valence-corrected chi connectivity index (χ2v) is 9.92. The summed E-state index contributed by atoms with van der Waals surface area (Å²) in [6.45, 7) is 0. The highest BCUT2D eigenvalue weighted by atomic mass is 16.3. The molecule has 0 aliphatic carbocycles. The van der Waals surface area contributed by atoms with Crippen LogP contribution in [-0.2, 0) is 0 Å². The number of para-hydroxylation sites is 2. The van der Waals surface area contributed by atoms with Gasteiger partial charge in [-0.3, -0.25) is 4.98 Å². The maximum absolute atomic E-state index is 6.15. The maximum Gasteiger partial charge on any atom is 0.227 e. The van der Waals surface area contributed by atoms with E-state index >= 15 is 0 Å². The number of benzene rings is 5. The van der Waals surface area contributed by atoms with Crippen molar-refractivity contribution in [3.63, 3.8) is 0 Å². The SMILES string of the molecule is c1ccc(-c2ccc3c(c2)c2ccc(-c4nc5ccccc5o4)cc2n3-c2cccc(-c3ccccn3)c2)cc1. The quantitative estimate of drug-likeness (QED) is 0.235. The molecular formula is C36H23N3O. The Bertz CT molecular complexity index is 2130. The van der Waals surface area contributed by atoms with Crippen LogP contribution in [0.4, 0.5) is 0 Å². The van der Waals surface area contributed by atoms with E-state index in [0.29, 0.717) is 5.89 Å². The van der Waals surface area contributed by atoms with Gasteiger partial charge in [0.1, 0.15) is 5.52 Å². The lowest BCUT2D eigenvalue weighted by molar-refractivity contribution is 0.620. The van der Waals surface area contributed by atoms with Crippen molar-refractivity contribution in [2.45, 2.75) is 0 Å². The Morgan fingerprint density at radius 3 is 2.23 bits per heavy atom. The minimum atomic E-state index is 0.618. The molecule has 0 amide bonds. The first kappa shape index (κ1) is 22.5. The largest absolute Gasteiger partial charge is 0.436 e. The molecule has 0 atom stereocenters. The van der Waals surface area contributed by atoms with Crippen LogP contribution in [0.15, 0.2) is 144 Å². The number of hydrogen-bond acceptors (Lipinski definition) is 3. The Labute approximate surface area is 230 Å². The molecule has 4 heteroatoms. The van der Waals surface area contributed by atoms with Gasteiger partial charge in [0.15, 0.2) is 5.58 Å². The summed E-state index contributed by atoms with van der Waals surface area (Å²) in [7, 11) is 0. The van der Waals surface area contributed by atoms with E-state index < -0.39 is 0 Å². The summed E-state index contributed by atoms with van der Waals surface area (Å²) >= 11 is 0. The maximum atomic E-state index is 6.15. The standard InChI is InChI=1S/C36H23N3O/c1-2-9-24(10-3-1)25-17-19-33-30(22-25)29-18-16-27(36-38-32-14-4-5-15-35(32)40-36)23-34(29)39(33)28-12-8-11-26(21-28)31-13-6-7-20-37-31/h1-23H. The zero-order chi connectivity index (χ0) is 26.5. The lowest BCUT2D eigenvalue weighted by atomic mass is 10.0. The minimum Gasteiger partial charge on any atom is -0.436 e. The summed E-state index contributed by atoms with van der Waals surface area (Å²) in [5.41, 5.74) is 10.3. The number of nitrogens with zero attached hydrogens (tertiary/aromatic N) is 3. The van der Waals surface area contributed by atoms with Crippen LogP contribution in [0.25, 0.3) is 72.4 Å². The molecule has 0 spiro atoms. The second kappa shape index (κ2) is 9.07. The van der Waals surface area contributed by atoms with E-state index in [1.807, 2.05) is 48.7 Å². The Morgan fingerprint density at radius 2 is 1.35 bits per heavy atom. The predicted octanol–water partition coefficient (Wildman–Crippen LogP) is 9.32. The Kier molecular flexibility index (Phi) is 5.10. The van der Waals surface area contributed by atoms with Crippen LogP contribution in [0.5, 0.6) is 0 Å². The number of hydrogen-bond donors (Lipinski definition) is 0. The molecule has 8 rings (SSSR count). The molecule has 0 unspecified atom stereocenters. The molecule has 0 radical (unpaired) electrons. The summed E-state index contributed by atoms with van der Waals surface area (Å²) in [5, 5.41) is 2.37. The molecule has 3 heterocycles. The first-order valence-electron chi connectivity index (χ1n) is 13.3. The number of aromatic nitrogens is 3. The van der Waals surface area contributed by atoms with Crippen molar-refractivity contribution in [1.82, 2.24) is 14.5 Å². The van der Waals surface area contributed by atoms with Gasteiger partial charge in [-0.2, -0.15) is 0 Å². The highest BCUT2D eigenvalue weighted by Gasteiger charge is 2.17. The molecule has 0 bridgehead atoms. The van der Waals surface area contributed by atoms with Crippen molar-refractivity contribution in [3.05, 3.63) is 140 Å². The van der Waals surface area contributed by atoms with E-state index in [1.165, 1.54) is 21.9 Å². The number of pyridine rings is 1. The molecule has 0 fully saturated rings. The summed E-state index contributed by atoms with van der Waals surface area (Å²) in [5.74, 6) is 0.618. The van der Waals surface area contributed by atoms with Gasteiger partial charge in [0.2, 0.25) is 5.89 Å². The molecule has 0 aliphatic heterocycles. The molecule has 0 aliphatic rings. The molecule has 8 aromatic rings. The van der Waals surface area contributed by atoms with Gasteiger partial charge in [-0.05, 0) is 71.8 Å². The van der Waals surface area contributed by atoms with E-state index in [4.69, 9.17) is 9.40 Å². The van der Waals surface area contributed by atoms with Crippen molar-refractivity contribution in [2.24, 2.45) is 0 Å². The molecule has 0 N–H and O–H groups in total. The van der Waals surface area contributed by atoms with Gasteiger partial charge >= 0.3 is 0 Å². The molecule has 40 heavy (non-hydrogen) atoms. The van der Waals surface area contributed by atoms with Gasteiger partial charge in [-0.1, -0.05) is 72.8 Å². The van der Waals surface area contributed by atoms with Crippen molar-refractivity contribution in [3.8, 4) is 39.5 Å². The summed E-state index contributed by atoms with van der Waals surface area (Å²) in [4.78, 5) is 9.36. The molecular weight excluding hydrogens is 490 g/mol. The van der Waals surface area contributed by atoms with Gasteiger partial charge in [-0.15, -0.1) is 0 Å². The number of rotatable bonds is 4. The number of fused-ring (bicyclic) bond motifs is 4. The zero-order valence-electron chi connectivity index (χ0n) is 21.5. The van der Waals surface area contributed by atoms with E-state index in [9.17, 15) is 0 Å². The van der Waals surface area contributed by atoms with E-state index in [-0.39, 0.29) is 0 Å². The van der Waals surface area contributed by atoms with E-state index in [0.717, 1.165) is 44.6 Å². The van der Waals surface area contributed by atoms with Crippen LogP contribution in [0.1, 0.15) is 0 Å². The molecule has 0 saturated heterocycles. The molecule has 4 nitrogen and oxygen atoms in total. The normalized spacial score (nSPS) is 11.5. The summed E-state index contributed by atoms with van der Waals surface area (Å²) < 4.78 is 8.48. The van der Waals surface area contributed by atoms with Crippen LogP contribution in [-0.4, -0.2) is 14.5 Å². The van der Waals surface area contributed by atoms with E-state index in [1.54, 1.807) is 0 Å². The van der Waals surface area contributed by atoms with Crippen LogP contribution in [0.2, 0.25) is 0 Å². The van der Waals surface area contributed by atoms with Gasteiger partial charge in [0, 0.05) is 33.8 Å². The van der Waals surface area contributed by atoms with E-state index in [2.05, 4.69) is 101 Å². The number of oxazole rings is 1. The van der Waals surface area contributed by atoms with Crippen molar-refractivity contribution >= 4 is 32.9 Å². The van der Waals surface area contributed by atoms with Gasteiger partial charge in [0.25, 0.3) is 0 Å². The average Bonchev–Trinajstić information content (AvgIpc) is 3.61. The highest BCUT2D eigenvalue weighted by molar-refractivity contribution is 6.11. The monoisotopic (exact) mass is 513 g/mol. The fraction of sp³-hybridized carbons (Fsp3) is 0.